The molecular formula is C15H26N4O8S. The molecule has 0 aliphatic heterocycles. The molecule has 0 bridgehead atoms. The zero-order valence-corrected chi connectivity index (χ0v) is 16.3. The van der Waals surface area contributed by atoms with Crippen molar-refractivity contribution in [3.05, 3.63) is 0 Å². The lowest BCUT2D eigenvalue weighted by atomic mass is 10.1. The van der Waals surface area contributed by atoms with Crippen molar-refractivity contribution < 1.29 is 39.3 Å². The molecule has 4 atom stereocenters. The molecule has 0 heterocycles. The fourth-order valence-corrected chi connectivity index (χ4v) is 2.52. The minimum Gasteiger partial charge on any atom is -0.481 e. The largest absolute Gasteiger partial charge is 0.481 e. The molecule has 0 rings (SSSR count). The molecule has 0 radical (unpaired) electrons. The molecule has 0 aromatic carbocycles. The second kappa shape index (κ2) is 12.9. The maximum absolute atomic E-state index is 12.4. The van der Waals surface area contributed by atoms with Crippen LogP contribution in [0.4, 0.5) is 0 Å². The minimum absolute atomic E-state index is 0.226. The summed E-state index contributed by atoms with van der Waals surface area (Å²) < 4.78 is 0. The topological polar surface area (TPSA) is 208 Å². The van der Waals surface area contributed by atoms with E-state index in [-0.39, 0.29) is 13.0 Å². The Labute approximate surface area is 165 Å². The van der Waals surface area contributed by atoms with E-state index in [9.17, 15) is 29.1 Å². The number of aliphatic carboxylic acids is 2. The normalized spacial score (nSPS) is 14.9. The predicted octanol–water partition coefficient (Wildman–Crippen LogP) is -2.91. The molecule has 160 valence electrons. The number of nitrogens with one attached hydrogen (secondary N) is 3. The van der Waals surface area contributed by atoms with Crippen molar-refractivity contribution in [3.63, 3.8) is 0 Å². The van der Waals surface area contributed by atoms with Gasteiger partial charge < -0.3 is 37.0 Å². The molecule has 0 saturated heterocycles. The summed E-state index contributed by atoms with van der Waals surface area (Å²) in [4.78, 5) is 58.0. The fourth-order valence-electron chi connectivity index (χ4n) is 2.05. The van der Waals surface area contributed by atoms with Gasteiger partial charge in [0.05, 0.1) is 19.1 Å². The second-order valence-electron chi connectivity index (χ2n) is 5.83. The first-order valence-electron chi connectivity index (χ1n) is 8.25. The van der Waals surface area contributed by atoms with Gasteiger partial charge in [0, 0.05) is 0 Å². The zero-order chi connectivity index (χ0) is 21.9. The molecule has 4 unspecified atom stereocenters. The van der Waals surface area contributed by atoms with Crippen LogP contribution in [0.2, 0.25) is 0 Å². The number of aliphatic hydroxyl groups excluding tert-OH is 1. The van der Waals surface area contributed by atoms with E-state index < -0.39 is 60.3 Å². The number of carbonyl (C=O) groups is 5. The van der Waals surface area contributed by atoms with E-state index in [1.807, 2.05) is 5.32 Å². The van der Waals surface area contributed by atoms with Crippen LogP contribution < -0.4 is 21.7 Å². The first-order chi connectivity index (χ1) is 13.0. The van der Waals surface area contributed by atoms with Gasteiger partial charge in [0.2, 0.25) is 17.7 Å². The third-order valence-electron chi connectivity index (χ3n) is 3.50. The molecule has 13 heteroatoms. The monoisotopic (exact) mass is 422 g/mol. The second-order valence-corrected chi connectivity index (χ2v) is 6.82. The summed E-state index contributed by atoms with van der Waals surface area (Å²) in [7, 11) is 0. The van der Waals surface area contributed by atoms with Crippen LogP contribution in [-0.2, 0) is 24.0 Å². The molecule has 0 aliphatic carbocycles. The summed E-state index contributed by atoms with van der Waals surface area (Å²) in [6.07, 6.45) is -0.288. The van der Waals surface area contributed by atoms with Gasteiger partial charge in [-0.2, -0.15) is 11.8 Å². The Kier molecular flexibility index (Phi) is 11.8. The van der Waals surface area contributed by atoms with Crippen LogP contribution in [0.15, 0.2) is 0 Å². The zero-order valence-electron chi connectivity index (χ0n) is 15.5. The Hall–Kier alpha value is -2.38. The first-order valence-corrected chi connectivity index (χ1v) is 9.64. The van der Waals surface area contributed by atoms with Crippen LogP contribution in [0.3, 0.4) is 0 Å². The molecule has 0 spiro atoms. The molecule has 8 N–H and O–H groups in total. The van der Waals surface area contributed by atoms with E-state index in [0.717, 1.165) is 0 Å². The number of nitrogens with two attached hydrogens (primary N) is 1. The Bertz CT molecular complexity index is 586. The number of thioether (sulfide) groups is 1. The molecule has 0 aromatic rings. The van der Waals surface area contributed by atoms with Crippen molar-refractivity contribution >= 4 is 41.4 Å². The minimum atomic E-state index is -1.74. The molecule has 28 heavy (non-hydrogen) atoms. The summed E-state index contributed by atoms with van der Waals surface area (Å²) in [6.45, 7) is 0.839. The van der Waals surface area contributed by atoms with E-state index in [1.54, 1.807) is 6.26 Å². The van der Waals surface area contributed by atoms with Crippen LogP contribution in [0, 0.1) is 0 Å². The standard InChI is InChI=1S/C15H26N4O8S/c1-7(20)12(14(25)18-9(15(26)27)5-11(22)23)19-13(24)8(3-4-28-2)17-10(21)6-16/h7-9,12,20H,3-6,16H2,1-2H3,(H,17,21)(H,18,25)(H,19,24)(H,22,23)(H,26,27). The quantitative estimate of drug-likeness (QED) is 0.161. The Morgan fingerprint density at radius 3 is 2.04 bits per heavy atom. The Balaban J connectivity index is 5.24. The van der Waals surface area contributed by atoms with Gasteiger partial charge in [0.1, 0.15) is 18.1 Å². The van der Waals surface area contributed by atoms with Gasteiger partial charge in [-0.1, -0.05) is 0 Å². The van der Waals surface area contributed by atoms with Crippen LogP contribution in [0.1, 0.15) is 19.8 Å². The number of hydrogen-bond donors (Lipinski definition) is 7. The molecule has 0 aliphatic rings. The molecule has 3 amide bonds. The number of carboxylic acids is 2. The van der Waals surface area contributed by atoms with Gasteiger partial charge in [-0.25, -0.2) is 4.79 Å². The SMILES string of the molecule is CSCCC(NC(=O)CN)C(=O)NC(C(=O)NC(CC(=O)O)C(=O)O)C(C)O. The number of carboxylic acid groups (broad SMARTS) is 2. The first kappa shape index (κ1) is 25.6. The van der Waals surface area contributed by atoms with Crippen LogP contribution in [0.25, 0.3) is 0 Å². The highest BCUT2D eigenvalue weighted by Crippen LogP contribution is 2.04. The molecule has 0 fully saturated rings. The van der Waals surface area contributed by atoms with Crippen molar-refractivity contribution in [2.24, 2.45) is 5.73 Å². The Morgan fingerprint density at radius 2 is 1.61 bits per heavy atom. The smallest absolute Gasteiger partial charge is 0.326 e. The predicted molar refractivity (Wildman–Crippen MR) is 99.4 cm³/mol. The maximum Gasteiger partial charge on any atom is 0.326 e. The highest BCUT2D eigenvalue weighted by atomic mass is 32.2. The van der Waals surface area contributed by atoms with E-state index in [4.69, 9.17) is 15.9 Å². The summed E-state index contributed by atoms with van der Waals surface area (Å²) in [5.74, 6) is -4.97. The van der Waals surface area contributed by atoms with Crippen LogP contribution in [-0.4, -0.2) is 87.8 Å². The van der Waals surface area contributed by atoms with Crippen LogP contribution >= 0.6 is 11.8 Å². The van der Waals surface area contributed by atoms with Crippen LogP contribution in [0.5, 0.6) is 0 Å². The van der Waals surface area contributed by atoms with E-state index >= 15 is 0 Å². The lowest BCUT2D eigenvalue weighted by molar-refractivity contribution is -0.148. The molecule has 0 aromatic heterocycles. The van der Waals surface area contributed by atoms with Crippen molar-refractivity contribution in [1.82, 2.24) is 16.0 Å². The number of rotatable bonds is 13. The highest BCUT2D eigenvalue weighted by molar-refractivity contribution is 7.98. The highest BCUT2D eigenvalue weighted by Gasteiger charge is 2.32. The summed E-state index contributed by atoms with van der Waals surface area (Å²) in [5.41, 5.74) is 5.21. The van der Waals surface area contributed by atoms with Gasteiger partial charge >= 0.3 is 11.9 Å². The maximum atomic E-state index is 12.4. The number of amides is 3. The van der Waals surface area contributed by atoms with Gasteiger partial charge in [-0.05, 0) is 25.4 Å². The molecule has 0 saturated carbocycles. The number of carbonyl (C=O) groups excluding carboxylic acids is 3. The van der Waals surface area contributed by atoms with Gasteiger partial charge in [-0.15, -0.1) is 0 Å². The van der Waals surface area contributed by atoms with E-state index in [1.165, 1.54) is 18.7 Å². The lowest BCUT2D eigenvalue weighted by Crippen LogP contribution is -2.59. The van der Waals surface area contributed by atoms with Gasteiger partial charge in [0.15, 0.2) is 0 Å². The van der Waals surface area contributed by atoms with Gasteiger partial charge in [0.25, 0.3) is 0 Å². The fraction of sp³-hybridized carbons (Fsp3) is 0.667. The van der Waals surface area contributed by atoms with Crippen molar-refractivity contribution in [1.29, 1.82) is 0 Å². The van der Waals surface area contributed by atoms with Gasteiger partial charge in [-0.3, -0.25) is 19.2 Å². The number of aliphatic hydroxyl groups is 1. The summed E-state index contributed by atoms with van der Waals surface area (Å²) in [5, 5.41) is 34.1. The third-order valence-corrected chi connectivity index (χ3v) is 4.15. The summed E-state index contributed by atoms with van der Waals surface area (Å²) >= 11 is 1.42. The molecule has 12 nitrogen and oxygen atoms in total. The van der Waals surface area contributed by atoms with Crippen molar-refractivity contribution in [2.75, 3.05) is 18.6 Å². The lowest BCUT2D eigenvalue weighted by Gasteiger charge is -2.25. The Morgan fingerprint density at radius 1 is 1.00 bits per heavy atom. The number of hydrogen-bond acceptors (Lipinski definition) is 8. The van der Waals surface area contributed by atoms with Crippen molar-refractivity contribution in [3.8, 4) is 0 Å². The molecular weight excluding hydrogens is 396 g/mol. The summed E-state index contributed by atoms with van der Waals surface area (Å²) in [6, 6.07) is -4.33. The van der Waals surface area contributed by atoms with E-state index in [0.29, 0.717) is 5.75 Å². The average Bonchev–Trinajstić information content (AvgIpc) is 2.60. The third kappa shape index (κ3) is 9.53. The van der Waals surface area contributed by atoms with E-state index in [2.05, 4.69) is 10.6 Å². The average molecular weight is 422 g/mol. The van der Waals surface area contributed by atoms with Crippen molar-refractivity contribution in [2.45, 2.75) is 44.0 Å².